The molecular weight excluding hydrogens is 665 g/mol. The molecule has 0 bridgehead atoms. The molecule has 9 aromatic rings. The Hall–Kier alpha value is -6.07. The van der Waals surface area contributed by atoms with Crippen LogP contribution in [0, 0.1) is 0 Å². The summed E-state index contributed by atoms with van der Waals surface area (Å²) in [6, 6.07) is 52.6. The van der Waals surface area contributed by atoms with Crippen LogP contribution in [-0.4, -0.2) is 39.9 Å². The van der Waals surface area contributed by atoms with Crippen LogP contribution in [0.1, 0.15) is 0 Å². The molecule has 0 fully saturated rings. The van der Waals surface area contributed by atoms with Crippen molar-refractivity contribution in [1.82, 2.24) is 25.4 Å². The minimum absolute atomic E-state index is 0.186. The van der Waals surface area contributed by atoms with Crippen molar-refractivity contribution >= 4 is 33.8 Å². The second-order valence-electron chi connectivity index (χ2n) is 11.7. The first-order valence-electron chi connectivity index (χ1n) is 16.1. The Morgan fingerprint density at radius 2 is 0.939 bits per heavy atom. The average molecular weight is 693 g/mol. The Kier molecular flexibility index (Phi) is 7.43. The number of pyridine rings is 2. The molecule has 0 amide bonds. The molecule has 9 rings (SSSR count). The van der Waals surface area contributed by atoms with Crippen molar-refractivity contribution in [2.75, 3.05) is 0 Å². The van der Waals surface area contributed by atoms with Gasteiger partial charge in [-0.2, -0.15) is 0 Å². The Bertz CT molecular complexity index is 2600. The van der Waals surface area contributed by atoms with E-state index in [2.05, 4.69) is 113 Å². The number of benzene rings is 5. The number of hydrogen-bond acceptors (Lipinski definition) is 5. The van der Waals surface area contributed by atoms with Gasteiger partial charge in [0, 0.05) is 0 Å². The first kappa shape index (κ1) is 29.1. The van der Waals surface area contributed by atoms with Crippen LogP contribution in [0.2, 0.25) is 0 Å². The fourth-order valence-corrected chi connectivity index (χ4v) is 9.04. The molecule has 0 unspecified atom stereocenters. The van der Waals surface area contributed by atoms with E-state index in [1.54, 1.807) is 0 Å². The zero-order valence-corrected chi connectivity index (χ0v) is 27.9. The third-order valence-electron chi connectivity index (χ3n) is 8.87. The molecule has 6 heteroatoms. The van der Waals surface area contributed by atoms with Crippen LogP contribution in [0.4, 0.5) is 0 Å². The number of aromatic nitrogens is 5. The summed E-state index contributed by atoms with van der Waals surface area (Å²) >= 11 is 0.186. The summed E-state index contributed by atoms with van der Waals surface area (Å²) < 4.78 is 2.73. The SMILES string of the molecule is c1ccc(-c2cccnc2-c2c(-c3ccccc3)nnnc2-c2cccnc2-c2c(-c3ccccc3)ccc3[se]c4ccccc4c23)cc1. The topological polar surface area (TPSA) is 64.5 Å². The minimum atomic E-state index is 0.186. The summed E-state index contributed by atoms with van der Waals surface area (Å²) in [5.74, 6) is 0. The monoisotopic (exact) mass is 693 g/mol. The van der Waals surface area contributed by atoms with Crippen LogP contribution in [0.15, 0.2) is 164 Å². The number of fused-ring (bicyclic) bond motifs is 3. The molecular formula is C43H27N5Se. The third kappa shape index (κ3) is 5.15. The molecule has 0 saturated heterocycles. The average Bonchev–Trinajstić information content (AvgIpc) is 3.57. The van der Waals surface area contributed by atoms with Gasteiger partial charge < -0.3 is 0 Å². The Labute approximate surface area is 289 Å². The molecule has 230 valence electrons. The van der Waals surface area contributed by atoms with Gasteiger partial charge in [0.2, 0.25) is 0 Å². The molecule has 5 nitrogen and oxygen atoms in total. The van der Waals surface area contributed by atoms with E-state index in [4.69, 9.17) is 15.1 Å². The van der Waals surface area contributed by atoms with Crippen molar-refractivity contribution in [1.29, 1.82) is 0 Å². The van der Waals surface area contributed by atoms with Crippen LogP contribution in [-0.2, 0) is 0 Å². The Morgan fingerprint density at radius 1 is 0.367 bits per heavy atom. The van der Waals surface area contributed by atoms with Gasteiger partial charge in [0.1, 0.15) is 0 Å². The van der Waals surface area contributed by atoms with Gasteiger partial charge in [0.15, 0.2) is 0 Å². The van der Waals surface area contributed by atoms with E-state index in [-0.39, 0.29) is 14.5 Å². The predicted molar refractivity (Wildman–Crippen MR) is 200 cm³/mol. The molecule has 0 spiro atoms. The molecule has 4 aromatic heterocycles. The summed E-state index contributed by atoms with van der Waals surface area (Å²) in [5, 5.41) is 16.4. The van der Waals surface area contributed by atoms with Gasteiger partial charge in [0.25, 0.3) is 0 Å². The van der Waals surface area contributed by atoms with Crippen molar-refractivity contribution in [3.63, 3.8) is 0 Å². The molecule has 49 heavy (non-hydrogen) atoms. The maximum absolute atomic E-state index is 5.18. The van der Waals surface area contributed by atoms with E-state index in [0.717, 1.165) is 55.9 Å². The molecule has 0 radical (unpaired) electrons. The van der Waals surface area contributed by atoms with Crippen LogP contribution < -0.4 is 0 Å². The van der Waals surface area contributed by atoms with E-state index in [1.165, 1.54) is 19.3 Å². The number of hydrogen-bond donors (Lipinski definition) is 0. The van der Waals surface area contributed by atoms with Crippen molar-refractivity contribution in [2.24, 2.45) is 0 Å². The maximum atomic E-state index is 5.18. The first-order valence-corrected chi connectivity index (χ1v) is 17.8. The zero-order chi connectivity index (χ0) is 32.6. The summed E-state index contributed by atoms with van der Waals surface area (Å²) in [7, 11) is 0. The Balaban J connectivity index is 1.40. The van der Waals surface area contributed by atoms with Gasteiger partial charge in [-0.1, -0.05) is 6.07 Å². The van der Waals surface area contributed by atoms with Gasteiger partial charge in [0.05, 0.1) is 0 Å². The van der Waals surface area contributed by atoms with Crippen LogP contribution in [0.3, 0.4) is 0 Å². The van der Waals surface area contributed by atoms with Crippen molar-refractivity contribution in [2.45, 2.75) is 0 Å². The molecule has 0 N–H and O–H groups in total. The fourth-order valence-electron chi connectivity index (χ4n) is 6.71. The van der Waals surface area contributed by atoms with Crippen molar-refractivity contribution in [3.8, 4) is 67.3 Å². The van der Waals surface area contributed by atoms with Gasteiger partial charge in [-0.15, -0.1) is 0 Å². The zero-order valence-electron chi connectivity index (χ0n) is 26.2. The quantitative estimate of drug-likeness (QED) is 0.162. The summed E-state index contributed by atoms with van der Waals surface area (Å²) in [6.45, 7) is 0. The predicted octanol–water partition coefficient (Wildman–Crippen LogP) is 10.0. The van der Waals surface area contributed by atoms with Crippen molar-refractivity contribution < 1.29 is 0 Å². The van der Waals surface area contributed by atoms with Gasteiger partial charge in [-0.25, -0.2) is 0 Å². The molecule has 4 heterocycles. The summed E-state index contributed by atoms with van der Waals surface area (Å²) in [4.78, 5) is 10.2. The second-order valence-corrected chi connectivity index (χ2v) is 14.0. The van der Waals surface area contributed by atoms with Crippen LogP contribution >= 0.6 is 0 Å². The van der Waals surface area contributed by atoms with Crippen LogP contribution in [0.5, 0.6) is 0 Å². The molecule has 0 aliphatic carbocycles. The number of rotatable bonds is 6. The molecule has 0 atom stereocenters. The summed E-state index contributed by atoms with van der Waals surface area (Å²) in [5.41, 5.74) is 11.1. The van der Waals surface area contributed by atoms with Crippen molar-refractivity contribution in [3.05, 3.63) is 164 Å². The van der Waals surface area contributed by atoms with Gasteiger partial charge in [-0.05, 0) is 0 Å². The third-order valence-corrected chi connectivity index (χ3v) is 11.3. The first-order chi connectivity index (χ1) is 24.3. The second kappa shape index (κ2) is 12.5. The van der Waals surface area contributed by atoms with E-state index in [1.807, 2.05) is 60.9 Å². The van der Waals surface area contributed by atoms with E-state index in [0.29, 0.717) is 11.4 Å². The normalized spacial score (nSPS) is 11.3. The Morgan fingerprint density at radius 3 is 1.65 bits per heavy atom. The van der Waals surface area contributed by atoms with Gasteiger partial charge in [-0.3, -0.25) is 0 Å². The standard InChI is InChI=1S/C43H27N5Se/c1-4-14-28(15-5-1)31-24-25-36-37(33-20-10-11-23-35(33)49-36)38(31)42-34(22-13-27-45-42)43-39(40(46-48-47-43)30-18-8-3-9-19-30)41-32(21-12-26-44-41)29-16-6-2-7-17-29/h1-27H. The molecule has 0 saturated carbocycles. The fraction of sp³-hybridized carbons (Fsp3) is 0. The van der Waals surface area contributed by atoms with Gasteiger partial charge >= 0.3 is 284 Å². The molecule has 5 aromatic carbocycles. The summed E-state index contributed by atoms with van der Waals surface area (Å²) in [6.07, 6.45) is 3.71. The van der Waals surface area contributed by atoms with Crippen LogP contribution in [0.25, 0.3) is 86.6 Å². The van der Waals surface area contributed by atoms with E-state index < -0.39 is 0 Å². The molecule has 0 aliphatic rings. The van der Waals surface area contributed by atoms with E-state index in [9.17, 15) is 0 Å². The number of nitrogens with zero attached hydrogens (tertiary/aromatic N) is 5. The molecule has 0 aliphatic heterocycles. The van der Waals surface area contributed by atoms with E-state index >= 15 is 0 Å².